The van der Waals surface area contributed by atoms with Gasteiger partial charge in [0.25, 0.3) is 0 Å². The van der Waals surface area contributed by atoms with Gasteiger partial charge in [-0.3, -0.25) is 4.99 Å². The van der Waals surface area contributed by atoms with Gasteiger partial charge in [-0.15, -0.1) is 0 Å². The zero-order chi connectivity index (χ0) is 11.9. The predicted molar refractivity (Wildman–Crippen MR) is 72.6 cm³/mol. The van der Waals surface area contributed by atoms with Gasteiger partial charge in [-0.05, 0) is 45.4 Å². The van der Waals surface area contributed by atoms with Crippen LogP contribution < -0.4 is 5.32 Å². The van der Waals surface area contributed by atoms with Crippen molar-refractivity contribution in [3.05, 3.63) is 0 Å². The van der Waals surface area contributed by atoms with E-state index in [4.69, 9.17) is 4.74 Å². The summed E-state index contributed by atoms with van der Waals surface area (Å²) in [5.41, 5.74) is 0.0235. The van der Waals surface area contributed by atoms with E-state index in [1.165, 1.54) is 18.0 Å². The van der Waals surface area contributed by atoms with Crippen molar-refractivity contribution in [3.63, 3.8) is 0 Å². The van der Waals surface area contributed by atoms with E-state index >= 15 is 0 Å². The summed E-state index contributed by atoms with van der Waals surface area (Å²) in [7, 11) is 0. The molecule has 0 amide bonds. The molecule has 3 nitrogen and oxygen atoms in total. The largest absolute Gasteiger partial charge is 0.375 e. The van der Waals surface area contributed by atoms with E-state index in [9.17, 15) is 0 Å². The molecule has 0 aromatic carbocycles. The van der Waals surface area contributed by atoms with Gasteiger partial charge >= 0.3 is 0 Å². The number of hydrogen-bond donors (Lipinski definition) is 1. The van der Waals surface area contributed by atoms with Gasteiger partial charge in [-0.1, -0.05) is 11.8 Å². The fourth-order valence-electron chi connectivity index (χ4n) is 2.71. The first kappa shape index (κ1) is 11.8. The quantitative estimate of drug-likeness (QED) is 0.821. The van der Waals surface area contributed by atoms with Crippen LogP contribution in [0.15, 0.2) is 4.99 Å². The molecule has 2 heterocycles. The summed E-state index contributed by atoms with van der Waals surface area (Å²) in [4.78, 5) is 4.65. The molecule has 96 valence electrons. The molecule has 2 aliphatic heterocycles. The zero-order valence-electron chi connectivity index (χ0n) is 10.7. The van der Waals surface area contributed by atoms with E-state index in [-0.39, 0.29) is 5.60 Å². The summed E-state index contributed by atoms with van der Waals surface area (Å²) in [5.74, 6) is 0.953. The second-order valence-corrected chi connectivity index (χ2v) is 7.31. The van der Waals surface area contributed by atoms with Crippen molar-refractivity contribution < 1.29 is 4.74 Å². The number of ether oxygens (including phenoxy) is 1. The van der Waals surface area contributed by atoms with Crippen LogP contribution in [0.2, 0.25) is 0 Å². The first-order valence-corrected chi connectivity index (χ1v) is 7.62. The lowest BCUT2D eigenvalue weighted by molar-refractivity contribution is -0.0603. The van der Waals surface area contributed by atoms with Crippen molar-refractivity contribution in [1.29, 1.82) is 0 Å². The Kier molecular flexibility index (Phi) is 3.11. The molecular weight excluding hydrogens is 232 g/mol. The average molecular weight is 254 g/mol. The van der Waals surface area contributed by atoms with Crippen molar-refractivity contribution in [1.82, 2.24) is 5.32 Å². The number of amidine groups is 1. The number of hydrogen-bond acceptors (Lipinski definition) is 4. The van der Waals surface area contributed by atoms with Gasteiger partial charge in [-0.2, -0.15) is 0 Å². The highest BCUT2D eigenvalue weighted by Crippen LogP contribution is 2.41. The van der Waals surface area contributed by atoms with E-state index in [1.807, 2.05) is 11.8 Å². The van der Waals surface area contributed by atoms with Gasteiger partial charge in [0.05, 0.1) is 12.1 Å². The van der Waals surface area contributed by atoms with E-state index in [1.54, 1.807) is 0 Å². The molecule has 2 unspecified atom stereocenters. The van der Waals surface area contributed by atoms with Crippen LogP contribution in [0.5, 0.6) is 0 Å². The second kappa shape index (κ2) is 4.47. The predicted octanol–water partition coefficient (Wildman–Crippen LogP) is 2.42. The summed E-state index contributed by atoms with van der Waals surface area (Å²) >= 11 is 1.97. The third kappa shape index (κ3) is 2.97. The minimum atomic E-state index is 0.0235. The van der Waals surface area contributed by atoms with Crippen LogP contribution in [-0.2, 0) is 4.74 Å². The molecule has 0 spiro atoms. The molecule has 0 aromatic rings. The molecule has 1 N–H and O–H groups in total. The van der Waals surface area contributed by atoms with Crippen molar-refractivity contribution in [2.24, 2.45) is 10.9 Å². The normalized spacial score (nSPS) is 36.7. The zero-order valence-corrected chi connectivity index (χ0v) is 11.6. The second-order valence-electron chi connectivity index (χ2n) is 6.08. The number of nitrogens with zero attached hydrogens (tertiary/aromatic N) is 1. The summed E-state index contributed by atoms with van der Waals surface area (Å²) in [6.07, 6.45) is 5.04. The lowest BCUT2D eigenvalue weighted by Crippen LogP contribution is -2.45. The maximum atomic E-state index is 5.74. The first-order valence-electron chi connectivity index (χ1n) is 6.74. The van der Waals surface area contributed by atoms with Crippen molar-refractivity contribution >= 4 is 16.9 Å². The summed E-state index contributed by atoms with van der Waals surface area (Å²) in [5, 5.41) is 5.57. The van der Waals surface area contributed by atoms with Crippen molar-refractivity contribution in [3.8, 4) is 0 Å². The molecule has 3 aliphatic rings. The van der Waals surface area contributed by atoms with E-state index in [0.29, 0.717) is 6.04 Å². The number of nitrogens with one attached hydrogen (secondary N) is 1. The van der Waals surface area contributed by atoms with Gasteiger partial charge in [0.2, 0.25) is 0 Å². The summed E-state index contributed by atoms with van der Waals surface area (Å²) in [6.45, 7) is 6.26. The molecule has 2 fully saturated rings. The van der Waals surface area contributed by atoms with Gasteiger partial charge in [0.15, 0.2) is 5.17 Å². The van der Waals surface area contributed by atoms with Crippen LogP contribution in [-0.4, -0.2) is 35.2 Å². The molecule has 0 radical (unpaired) electrons. The highest BCUT2D eigenvalue weighted by atomic mass is 32.2. The SMILES string of the molecule is CC1(C)CC(NC2=NCC(C3CC3)S2)CCO1. The van der Waals surface area contributed by atoms with Gasteiger partial charge in [0, 0.05) is 17.9 Å². The molecule has 17 heavy (non-hydrogen) atoms. The van der Waals surface area contributed by atoms with E-state index in [2.05, 4.69) is 24.2 Å². The smallest absolute Gasteiger partial charge is 0.157 e. The van der Waals surface area contributed by atoms with E-state index in [0.717, 1.165) is 37.2 Å². The Morgan fingerprint density at radius 2 is 2.18 bits per heavy atom. The Hall–Kier alpha value is -0.220. The number of thioether (sulfide) groups is 1. The fourth-order valence-corrected chi connectivity index (χ4v) is 4.00. The van der Waals surface area contributed by atoms with Crippen molar-refractivity contribution in [2.75, 3.05) is 13.2 Å². The minimum Gasteiger partial charge on any atom is -0.375 e. The molecule has 1 aliphatic carbocycles. The average Bonchev–Trinajstić information content (AvgIpc) is 2.99. The standard InChI is InChI=1S/C13H22N2OS/c1-13(2)7-10(5-6-16-13)15-12-14-8-11(17-12)9-3-4-9/h9-11H,3-8H2,1-2H3,(H,14,15). The van der Waals surface area contributed by atoms with E-state index < -0.39 is 0 Å². The highest BCUT2D eigenvalue weighted by molar-refractivity contribution is 8.14. The Balaban J connectivity index is 1.50. The number of rotatable bonds is 2. The molecule has 3 rings (SSSR count). The summed E-state index contributed by atoms with van der Waals surface area (Å²) in [6, 6.07) is 0.544. The third-order valence-corrected chi connectivity index (χ3v) is 5.16. The molecule has 0 bridgehead atoms. The lowest BCUT2D eigenvalue weighted by atomic mass is 9.94. The highest BCUT2D eigenvalue weighted by Gasteiger charge is 2.36. The minimum absolute atomic E-state index is 0.0235. The Morgan fingerprint density at radius 3 is 2.88 bits per heavy atom. The number of aliphatic imine (C=N–C) groups is 1. The van der Waals surface area contributed by atoms with Crippen LogP contribution in [0.1, 0.15) is 39.5 Å². The van der Waals surface area contributed by atoms with Gasteiger partial charge in [-0.25, -0.2) is 0 Å². The Labute approximate surface area is 108 Å². The van der Waals surface area contributed by atoms with Crippen LogP contribution in [0, 0.1) is 5.92 Å². The third-order valence-electron chi connectivity index (χ3n) is 3.85. The molecule has 1 saturated carbocycles. The monoisotopic (exact) mass is 254 g/mol. The molecule has 4 heteroatoms. The van der Waals surface area contributed by atoms with Crippen molar-refractivity contribution in [2.45, 2.75) is 56.4 Å². The van der Waals surface area contributed by atoms with Crippen LogP contribution in [0.25, 0.3) is 0 Å². The Morgan fingerprint density at radius 1 is 1.35 bits per heavy atom. The topological polar surface area (TPSA) is 33.6 Å². The van der Waals surface area contributed by atoms with Gasteiger partial charge in [0.1, 0.15) is 0 Å². The Bertz CT molecular complexity index is 325. The van der Waals surface area contributed by atoms with Crippen LogP contribution in [0.3, 0.4) is 0 Å². The fraction of sp³-hybridized carbons (Fsp3) is 0.923. The molecule has 2 atom stereocenters. The van der Waals surface area contributed by atoms with Crippen LogP contribution >= 0.6 is 11.8 Å². The maximum Gasteiger partial charge on any atom is 0.157 e. The maximum absolute atomic E-state index is 5.74. The summed E-state index contributed by atoms with van der Waals surface area (Å²) < 4.78 is 5.74. The molecule has 0 aromatic heterocycles. The first-order chi connectivity index (χ1) is 8.12. The van der Waals surface area contributed by atoms with Crippen LogP contribution in [0.4, 0.5) is 0 Å². The van der Waals surface area contributed by atoms with Gasteiger partial charge < -0.3 is 10.1 Å². The molecular formula is C13H22N2OS. The lowest BCUT2D eigenvalue weighted by Gasteiger charge is -2.36. The molecule has 1 saturated heterocycles.